The minimum absolute atomic E-state index is 0.103. The highest BCUT2D eigenvalue weighted by Gasteiger charge is 2.48. The third-order valence-electron chi connectivity index (χ3n) is 13.6. The number of hydrogen-bond donors (Lipinski definition) is 3. The van der Waals surface area contributed by atoms with Crippen LogP contribution in [-0.4, -0.2) is 108 Å². The van der Waals surface area contributed by atoms with Crippen molar-refractivity contribution in [1.82, 2.24) is 44.4 Å². The van der Waals surface area contributed by atoms with E-state index in [0.29, 0.717) is 43.6 Å². The Morgan fingerprint density at radius 2 is 1.72 bits per heavy atom. The molecule has 6 aromatic rings. The zero-order chi connectivity index (χ0) is 45.1. The molecule has 1 spiro atoms. The Hall–Kier alpha value is -6.60. The molecule has 3 saturated heterocycles. The maximum absolute atomic E-state index is 14.2. The number of phenolic OH excluding ortho intramolecular Hbond substituents is 1. The quantitative estimate of drug-likeness (QED) is 0.130. The van der Waals surface area contributed by atoms with Crippen molar-refractivity contribution < 1.29 is 37.4 Å². The second-order valence-corrected chi connectivity index (χ2v) is 17.8. The fourth-order valence-electron chi connectivity index (χ4n) is 9.91. The van der Waals surface area contributed by atoms with Crippen LogP contribution < -0.4 is 21.2 Å². The molecule has 10 rings (SSSR count). The van der Waals surface area contributed by atoms with Gasteiger partial charge in [-0.2, -0.15) is 9.49 Å². The largest absolute Gasteiger partial charge is 0.503 e. The average molecular weight is 893 g/mol. The number of benzene rings is 3. The first-order valence-corrected chi connectivity index (χ1v) is 21.9. The van der Waals surface area contributed by atoms with Gasteiger partial charge in [0.25, 0.3) is 5.91 Å². The molecular formula is C46H47F3N10O6. The highest BCUT2D eigenvalue weighted by molar-refractivity contribution is 6.00. The van der Waals surface area contributed by atoms with Crippen molar-refractivity contribution in [3.63, 3.8) is 0 Å². The van der Waals surface area contributed by atoms with Gasteiger partial charge in [-0.1, -0.05) is 18.2 Å². The van der Waals surface area contributed by atoms with E-state index in [4.69, 9.17) is 19.8 Å². The predicted molar refractivity (Wildman–Crippen MR) is 232 cm³/mol. The highest BCUT2D eigenvalue weighted by Crippen LogP contribution is 2.35. The molecule has 6 heterocycles. The second-order valence-electron chi connectivity index (χ2n) is 17.8. The van der Waals surface area contributed by atoms with Crippen LogP contribution in [0, 0.1) is 23.4 Å². The van der Waals surface area contributed by atoms with Crippen molar-refractivity contribution in [3.05, 3.63) is 100 Å². The Labute approximate surface area is 370 Å². The van der Waals surface area contributed by atoms with Gasteiger partial charge in [0.1, 0.15) is 11.6 Å². The van der Waals surface area contributed by atoms with Crippen molar-refractivity contribution in [2.24, 2.45) is 13.0 Å². The molecule has 3 amide bonds. The third-order valence-corrected chi connectivity index (χ3v) is 13.6. The van der Waals surface area contributed by atoms with Crippen molar-refractivity contribution in [1.29, 1.82) is 0 Å². The van der Waals surface area contributed by atoms with E-state index in [1.54, 1.807) is 11.6 Å². The fourth-order valence-corrected chi connectivity index (χ4v) is 9.91. The summed E-state index contributed by atoms with van der Waals surface area (Å²) in [5, 5.41) is 20.1. The maximum Gasteiger partial charge on any atom is 0.329 e. The van der Waals surface area contributed by atoms with E-state index < -0.39 is 46.6 Å². The Balaban J connectivity index is 0.710. The number of carbonyl (C=O) groups excluding carboxylic acids is 3. The molecule has 3 N–H and O–H groups in total. The number of halogens is 3. The molecular weight excluding hydrogens is 846 g/mol. The summed E-state index contributed by atoms with van der Waals surface area (Å²) in [6.45, 7) is 4.60. The van der Waals surface area contributed by atoms with Gasteiger partial charge in [-0.3, -0.25) is 38.4 Å². The number of imide groups is 1. The van der Waals surface area contributed by atoms with Gasteiger partial charge in [0.15, 0.2) is 17.4 Å². The highest BCUT2D eigenvalue weighted by atomic mass is 19.2. The third kappa shape index (κ3) is 8.00. The number of rotatable bonds is 10. The molecule has 3 aliphatic heterocycles. The van der Waals surface area contributed by atoms with Crippen LogP contribution in [0.15, 0.2) is 65.8 Å². The molecule has 0 bridgehead atoms. The SMILES string of the molecule is Cn1c(=O)n(C2CCC(=O)NC2=O)c2ccc(CCN3CCOC4(C3)CN(c3ncc(-c5ccc6cn(C7CCC(CNC(=O)c8cc(F)c(O)c(F)c8F)CC7)nc6c5)cn3)C4)cc21. The Morgan fingerprint density at radius 3 is 2.49 bits per heavy atom. The molecule has 338 valence electrons. The van der Waals surface area contributed by atoms with E-state index in [1.165, 1.54) is 4.57 Å². The molecule has 1 saturated carbocycles. The zero-order valence-corrected chi connectivity index (χ0v) is 35.6. The average Bonchev–Trinajstić information content (AvgIpc) is 3.84. The van der Waals surface area contributed by atoms with Crippen molar-refractivity contribution in [3.8, 4) is 16.9 Å². The van der Waals surface area contributed by atoms with Crippen molar-refractivity contribution in [2.45, 2.75) is 62.6 Å². The standard InChI is InChI=1S/C46H47F3N10O6/c1-55-37-16-26(4-9-35(37)59(45(55)64)36-10-11-38(60)53-43(36)63)12-13-56-14-15-65-46(23-56)24-57(25-46)44-51-20-30(21-52-44)28-5-6-29-22-58(54-34(29)17-28)31-7-2-27(3-8-31)19-50-42(62)32-18-33(47)41(61)40(49)39(32)48/h4-6,9,16-18,20-22,27,31,36,61H,2-3,7-8,10-15,19,23-25H2,1H3,(H,50,62)(H,53,60,63). The van der Waals surface area contributed by atoms with Crippen LogP contribution in [0.1, 0.15) is 66.5 Å². The van der Waals surface area contributed by atoms with Gasteiger partial charge in [0.05, 0.1) is 47.9 Å². The molecule has 4 fully saturated rings. The molecule has 16 nitrogen and oxygen atoms in total. The van der Waals surface area contributed by atoms with Crippen LogP contribution >= 0.6 is 0 Å². The molecule has 3 aromatic carbocycles. The number of carbonyl (C=O) groups is 3. The Kier molecular flexibility index (Phi) is 10.9. The summed E-state index contributed by atoms with van der Waals surface area (Å²) in [4.78, 5) is 64.0. The minimum atomic E-state index is -1.79. The monoisotopic (exact) mass is 892 g/mol. The number of fused-ring (bicyclic) bond motifs is 2. The van der Waals surface area contributed by atoms with Gasteiger partial charge in [-0.25, -0.2) is 23.5 Å². The van der Waals surface area contributed by atoms with E-state index in [0.717, 1.165) is 84.8 Å². The van der Waals surface area contributed by atoms with Crippen LogP contribution in [0.3, 0.4) is 0 Å². The lowest BCUT2D eigenvalue weighted by Crippen LogP contribution is -2.70. The predicted octanol–water partition coefficient (Wildman–Crippen LogP) is 4.54. The van der Waals surface area contributed by atoms with Crippen molar-refractivity contribution >= 4 is 45.6 Å². The minimum Gasteiger partial charge on any atom is -0.503 e. The van der Waals surface area contributed by atoms with E-state index in [9.17, 15) is 37.5 Å². The van der Waals surface area contributed by atoms with E-state index >= 15 is 0 Å². The molecule has 0 radical (unpaired) electrons. The number of aryl methyl sites for hydroxylation is 1. The van der Waals surface area contributed by atoms with Gasteiger partial charge < -0.3 is 20.1 Å². The molecule has 1 aliphatic carbocycles. The van der Waals surface area contributed by atoms with Crippen LogP contribution in [0.5, 0.6) is 5.75 Å². The molecule has 4 aliphatic rings. The lowest BCUT2D eigenvalue weighted by atomic mass is 9.86. The number of aromatic hydroxyl groups is 1. The summed E-state index contributed by atoms with van der Waals surface area (Å²) in [6.07, 6.45) is 10.1. The van der Waals surface area contributed by atoms with Gasteiger partial charge in [0, 0.05) is 69.2 Å². The van der Waals surface area contributed by atoms with Gasteiger partial charge >= 0.3 is 5.69 Å². The van der Waals surface area contributed by atoms with E-state index in [1.807, 2.05) is 59.7 Å². The molecule has 1 atom stereocenters. The summed E-state index contributed by atoms with van der Waals surface area (Å²) in [6, 6.07) is 11.9. The summed E-state index contributed by atoms with van der Waals surface area (Å²) in [7, 11) is 1.71. The summed E-state index contributed by atoms with van der Waals surface area (Å²) < 4.78 is 53.1. The Morgan fingerprint density at radius 1 is 0.938 bits per heavy atom. The second kappa shape index (κ2) is 16.8. The van der Waals surface area contributed by atoms with E-state index in [2.05, 4.69) is 20.4 Å². The number of nitrogens with one attached hydrogen (secondary N) is 2. The first-order chi connectivity index (χ1) is 31.3. The lowest BCUT2D eigenvalue weighted by molar-refractivity contribution is -0.135. The summed E-state index contributed by atoms with van der Waals surface area (Å²) in [5.74, 6) is -7.19. The first-order valence-electron chi connectivity index (χ1n) is 21.9. The van der Waals surface area contributed by atoms with Crippen molar-refractivity contribution in [2.75, 3.05) is 50.8 Å². The normalized spacial score (nSPS) is 21.2. The summed E-state index contributed by atoms with van der Waals surface area (Å²) >= 11 is 0. The topological polar surface area (TPSA) is 182 Å². The smallest absolute Gasteiger partial charge is 0.329 e. The number of hydrogen-bond acceptors (Lipinski definition) is 11. The summed E-state index contributed by atoms with van der Waals surface area (Å²) in [5.41, 5.74) is 3.78. The number of phenols is 1. The maximum atomic E-state index is 14.2. The first kappa shape index (κ1) is 42.4. The van der Waals surface area contributed by atoms with Crippen LogP contribution in [0.25, 0.3) is 33.1 Å². The number of imidazole rings is 1. The zero-order valence-electron chi connectivity index (χ0n) is 35.6. The van der Waals surface area contributed by atoms with Crippen LogP contribution in [0.4, 0.5) is 19.1 Å². The molecule has 19 heteroatoms. The number of morpholine rings is 1. The Bertz CT molecular complexity index is 2920. The fraction of sp³-hybridized carbons (Fsp3) is 0.413. The van der Waals surface area contributed by atoms with Gasteiger partial charge in [0.2, 0.25) is 23.6 Å². The van der Waals surface area contributed by atoms with Gasteiger partial charge in [-0.05, 0) is 79.8 Å². The van der Waals surface area contributed by atoms with Gasteiger partial charge in [-0.15, -0.1) is 0 Å². The number of piperidine rings is 1. The number of nitrogens with zero attached hydrogens (tertiary/aromatic N) is 8. The molecule has 1 unspecified atom stereocenters. The number of anilines is 1. The van der Waals surface area contributed by atoms with E-state index in [-0.39, 0.29) is 42.1 Å². The molecule has 3 aromatic heterocycles. The lowest BCUT2D eigenvalue weighted by Gasteiger charge is -2.53. The number of amides is 3. The number of ether oxygens (including phenoxy) is 1. The van der Waals surface area contributed by atoms with Crippen LogP contribution in [-0.2, 0) is 27.8 Å². The number of aromatic nitrogens is 6. The van der Waals surface area contributed by atoms with Crippen LogP contribution in [0.2, 0.25) is 0 Å². The molecule has 65 heavy (non-hydrogen) atoms.